The normalized spacial score (nSPS) is 10.5. The first-order valence-electron chi connectivity index (χ1n) is 5.58. The summed E-state index contributed by atoms with van der Waals surface area (Å²) in [5.41, 5.74) is 7.44. The van der Waals surface area contributed by atoms with Crippen molar-refractivity contribution in [3.8, 4) is 17.1 Å². The van der Waals surface area contributed by atoms with E-state index >= 15 is 0 Å². The first-order valence-corrected chi connectivity index (χ1v) is 5.58. The summed E-state index contributed by atoms with van der Waals surface area (Å²) in [6, 6.07) is 5.63. The fraction of sp³-hybridized carbons (Fsp3) is 0.333. The lowest BCUT2D eigenvalue weighted by molar-refractivity contribution is 0.417. The summed E-state index contributed by atoms with van der Waals surface area (Å²) in [4.78, 5) is 0. The molecule has 0 saturated carbocycles. The van der Waals surface area contributed by atoms with Gasteiger partial charge in [-0.3, -0.25) is 0 Å². The highest BCUT2D eigenvalue weighted by molar-refractivity contribution is 5.66. The Hall–Kier alpha value is -2.04. The Morgan fingerprint density at radius 3 is 2.88 bits per heavy atom. The number of ether oxygens (including phenoxy) is 1. The highest BCUT2D eigenvalue weighted by Gasteiger charge is 2.08. The van der Waals surface area contributed by atoms with Crippen molar-refractivity contribution in [2.24, 2.45) is 0 Å². The first-order chi connectivity index (χ1) is 8.26. The Labute approximate surface area is 100 Å². The second-order valence-corrected chi connectivity index (χ2v) is 3.80. The molecule has 0 radical (unpaired) electrons. The van der Waals surface area contributed by atoms with Gasteiger partial charge in [-0.2, -0.15) is 0 Å². The van der Waals surface area contributed by atoms with Crippen molar-refractivity contribution in [2.45, 2.75) is 19.9 Å². The Kier molecular flexibility index (Phi) is 3.27. The number of aromatic nitrogens is 3. The zero-order valence-corrected chi connectivity index (χ0v) is 10.1. The summed E-state index contributed by atoms with van der Waals surface area (Å²) >= 11 is 0. The molecule has 2 N–H and O–H groups in total. The van der Waals surface area contributed by atoms with Crippen LogP contribution in [-0.4, -0.2) is 21.9 Å². The van der Waals surface area contributed by atoms with Gasteiger partial charge in [0.15, 0.2) is 5.82 Å². The maximum absolute atomic E-state index is 5.88. The van der Waals surface area contributed by atoms with Crippen molar-refractivity contribution in [3.63, 3.8) is 0 Å². The molecule has 0 fully saturated rings. The number of nitrogen functional groups attached to an aromatic ring is 1. The Balaban J connectivity index is 2.39. The maximum Gasteiger partial charge on any atom is 0.163 e. The SMILES string of the molecule is CCCn1cnnc1-c1ccc(OC)c(N)c1. The summed E-state index contributed by atoms with van der Waals surface area (Å²) < 4.78 is 7.14. The van der Waals surface area contributed by atoms with Crippen molar-refractivity contribution in [2.75, 3.05) is 12.8 Å². The summed E-state index contributed by atoms with van der Waals surface area (Å²) in [5, 5.41) is 8.05. The minimum Gasteiger partial charge on any atom is -0.495 e. The van der Waals surface area contributed by atoms with Crippen LogP contribution in [0.15, 0.2) is 24.5 Å². The summed E-state index contributed by atoms with van der Waals surface area (Å²) in [7, 11) is 1.60. The van der Waals surface area contributed by atoms with Crippen LogP contribution in [0.4, 0.5) is 5.69 Å². The standard InChI is InChI=1S/C12H16N4O/c1-3-6-16-8-14-15-12(16)9-4-5-11(17-2)10(13)7-9/h4-5,7-8H,3,6,13H2,1-2H3. The van der Waals surface area contributed by atoms with E-state index < -0.39 is 0 Å². The molecule has 1 aromatic heterocycles. The van der Waals surface area contributed by atoms with E-state index in [1.807, 2.05) is 22.8 Å². The zero-order chi connectivity index (χ0) is 12.3. The van der Waals surface area contributed by atoms with Crippen LogP contribution < -0.4 is 10.5 Å². The van der Waals surface area contributed by atoms with Gasteiger partial charge in [-0.15, -0.1) is 10.2 Å². The lowest BCUT2D eigenvalue weighted by atomic mass is 10.1. The average Bonchev–Trinajstić information content (AvgIpc) is 2.78. The van der Waals surface area contributed by atoms with E-state index in [0.717, 1.165) is 24.4 Å². The molecule has 90 valence electrons. The number of methoxy groups -OCH3 is 1. The molecule has 5 heteroatoms. The van der Waals surface area contributed by atoms with E-state index in [1.54, 1.807) is 13.4 Å². The Bertz CT molecular complexity index is 507. The van der Waals surface area contributed by atoms with Crippen molar-refractivity contribution in [3.05, 3.63) is 24.5 Å². The number of nitrogens with two attached hydrogens (primary N) is 1. The molecule has 5 nitrogen and oxygen atoms in total. The van der Waals surface area contributed by atoms with E-state index in [2.05, 4.69) is 17.1 Å². The molecular formula is C12H16N4O. The predicted octanol–water partition coefficient (Wildman–Crippen LogP) is 1.95. The largest absolute Gasteiger partial charge is 0.495 e. The Morgan fingerprint density at radius 1 is 1.41 bits per heavy atom. The van der Waals surface area contributed by atoms with Gasteiger partial charge in [-0.1, -0.05) is 6.92 Å². The van der Waals surface area contributed by atoms with Crippen LogP contribution in [0, 0.1) is 0 Å². The van der Waals surface area contributed by atoms with E-state index in [1.165, 1.54) is 0 Å². The molecule has 0 saturated heterocycles. The minimum atomic E-state index is 0.607. The molecule has 0 aliphatic heterocycles. The highest BCUT2D eigenvalue weighted by Crippen LogP contribution is 2.27. The molecule has 17 heavy (non-hydrogen) atoms. The number of anilines is 1. The molecule has 2 aromatic rings. The smallest absolute Gasteiger partial charge is 0.163 e. The molecular weight excluding hydrogens is 216 g/mol. The van der Waals surface area contributed by atoms with Crippen LogP contribution in [0.25, 0.3) is 11.4 Å². The average molecular weight is 232 g/mol. The van der Waals surface area contributed by atoms with Crippen molar-refractivity contribution in [1.29, 1.82) is 0 Å². The Morgan fingerprint density at radius 2 is 2.24 bits per heavy atom. The monoisotopic (exact) mass is 232 g/mol. The van der Waals surface area contributed by atoms with Gasteiger partial charge in [-0.05, 0) is 24.6 Å². The quantitative estimate of drug-likeness (QED) is 0.818. The van der Waals surface area contributed by atoms with Gasteiger partial charge in [0.25, 0.3) is 0 Å². The summed E-state index contributed by atoms with van der Waals surface area (Å²) in [6.45, 7) is 3.01. The number of aryl methyl sites for hydroxylation is 1. The van der Waals surface area contributed by atoms with E-state index in [0.29, 0.717) is 11.4 Å². The number of nitrogens with zero attached hydrogens (tertiary/aromatic N) is 3. The third-order valence-corrected chi connectivity index (χ3v) is 2.57. The van der Waals surface area contributed by atoms with Crippen LogP contribution in [-0.2, 0) is 6.54 Å². The molecule has 0 amide bonds. The zero-order valence-electron chi connectivity index (χ0n) is 10.1. The lowest BCUT2D eigenvalue weighted by Gasteiger charge is -2.08. The number of hydrogen-bond acceptors (Lipinski definition) is 4. The van der Waals surface area contributed by atoms with Crippen molar-refractivity contribution >= 4 is 5.69 Å². The van der Waals surface area contributed by atoms with Crippen LogP contribution in [0.3, 0.4) is 0 Å². The van der Waals surface area contributed by atoms with Crippen molar-refractivity contribution < 1.29 is 4.74 Å². The van der Waals surface area contributed by atoms with Gasteiger partial charge in [0.2, 0.25) is 0 Å². The third-order valence-electron chi connectivity index (χ3n) is 2.57. The second-order valence-electron chi connectivity index (χ2n) is 3.80. The van der Waals surface area contributed by atoms with E-state index in [-0.39, 0.29) is 0 Å². The third kappa shape index (κ3) is 2.22. The second kappa shape index (κ2) is 4.86. The van der Waals surface area contributed by atoms with Crippen LogP contribution in [0.5, 0.6) is 5.75 Å². The van der Waals surface area contributed by atoms with E-state index in [4.69, 9.17) is 10.5 Å². The minimum absolute atomic E-state index is 0.607. The molecule has 2 rings (SSSR count). The number of benzene rings is 1. The molecule has 0 unspecified atom stereocenters. The fourth-order valence-electron chi connectivity index (χ4n) is 1.76. The molecule has 1 aromatic carbocycles. The number of rotatable bonds is 4. The molecule has 0 aliphatic rings. The molecule has 0 bridgehead atoms. The molecule has 0 aliphatic carbocycles. The van der Waals surface area contributed by atoms with Crippen molar-refractivity contribution in [1.82, 2.24) is 14.8 Å². The van der Waals surface area contributed by atoms with Crippen LogP contribution in [0.2, 0.25) is 0 Å². The van der Waals surface area contributed by atoms with E-state index in [9.17, 15) is 0 Å². The van der Waals surface area contributed by atoms with Crippen LogP contribution in [0.1, 0.15) is 13.3 Å². The highest BCUT2D eigenvalue weighted by atomic mass is 16.5. The van der Waals surface area contributed by atoms with Gasteiger partial charge in [0, 0.05) is 12.1 Å². The predicted molar refractivity (Wildman–Crippen MR) is 66.7 cm³/mol. The van der Waals surface area contributed by atoms with Gasteiger partial charge in [0.05, 0.1) is 12.8 Å². The van der Waals surface area contributed by atoms with Gasteiger partial charge < -0.3 is 15.0 Å². The fourth-order valence-corrected chi connectivity index (χ4v) is 1.76. The van der Waals surface area contributed by atoms with Crippen LogP contribution >= 0.6 is 0 Å². The van der Waals surface area contributed by atoms with Gasteiger partial charge >= 0.3 is 0 Å². The molecule has 1 heterocycles. The molecule has 0 atom stereocenters. The lowest BCUT2D eigenvalue weighted by Crippen LogP contribution is -1.99. The topological polar surface area (TPSA) is 66.0 Å². The summed E-state index contributed by atoms with van der Waals surface area (Å²) in [5.74, 6) is 1.51. The summed E-state index contributed by atoms with van der Waals surface area (Å²) in [6.07, 6.45) is 2.77. The first kappa shape index (κ1) is 11.4. The van der Waals surface area contributed by atoms with Gasteiger partial charge in [0.1, 0.15) is 12.1 Å². The number of hydrogen-bond donors (Lipinski definition) is 1. The maximum atomic E-state index is 5.88. The molecule has 0 spiro atoms. The van der Waals surface area contributed by atoms with Gasteiger partial charge in [-0.25, -0.2) is 0 Å².